The molecule has 0 radical (unpaired) electrons. The summed E-state index contributed by atoms with van der Waals surface area (Å²) in [5.74, 6) is 1.98. The highest BCUT2D eigenvalue weighted by Crippen LogP contribution is 2.34. The molecule has 0 aliphatic carbocycles. The largest absolute Gasteiger partial charge is 0.457 e. The molecule has 0 aromatic heterocycles. The maximum Gasteiger partial charge on any atom is 0.338 e. The van der Waals surface area contributed by atoms with Gasteiger partial charge in [-0.2, -0.15) is 0 Å². The van der Waals surface area contributed by atoms with Crippen molar-refractivity contribution in [3.05, 3.63) is 40.5 Å². The van der Waals surface area contributed by atoms with E-state index in [0.29, 0.717) is 5.56 Å². The molecule has 20 heavy (non-hydrogen) atoms. The van der Waals surface area contributed by atoms with Gasteiger partial charge in [0.2, 0.25) is 0 Å². The van der Waals surface area contributed by atoms with Crippen LogP contribution in [0, 0.1) is 11.2 Å². The van der Waals surface area contributed by atoms with Gasteiger partial charge >= 0.3 is 5.97 Å². The van der Waals surface area contributed by atoms with Crippen LogP contribution in [0.5, 0.6) is 0 Å². The first-order valence-electron chi connectivity index (χ1n) is 6.76. The summed E-state index contributed by atoms with van der Waals surface area (Å²) in [6, 6.07) is 3.66. The van der Waals surface area contributed by atoms with E-state index in [0.717, 1.165) is 41.3 Å². The molecule has 1 aromatic rings. The third-order valence-corrected chi connectivity index (χ3v) is 4.10. The molecular formula is C15H14BNO3. The average molecular weight is 267 g/mol. The minimum Gasteiger partial charge on any atom is -0.457 e. The Morgan fingerprint density at radius 2 is 2.20 bits per heavy atom. The molecule has 1 N–H and O–H groups in total. The van der Waals surface area contributed by atoms with E-state index < -0.39 is 0 Å². The van der Waals surface area contributed by atoms with E-state index in [1.54, 1.807) is 6.07 Å². The van der Waals surface area contributed by atoms with Gasteiger partial charge in [0.15, 0.2) is 0 Å². The number of fused-ring (bicyclic) bond motifs is 1. The third kappa shape index (κ3) is 2.02. The summed E-state index contributed by atoms with van der Waals surface area (Å²) in [4.78, 5) is 11.5. The summed E-state index contributed by atoms with van der Waals surface area (Å²) in [6.07, 6.45) is 4.51. The highest BCUT2D eigenvalue weighted by atomic mass is 16.5. The van der Waals surface area contributed by atoms with E-state index in [1.807, 2.05) is 6.07 Å². The first-order chi connectivity index (χ1) is 9.74. The molecule has 0 unspecified atom stereocenters. The third-order valence-electron chi connectivity index (χ3n) is 4.10. The Balaban J connectivity index is 2.02. The second-order valence-electron chi connectivity index (χ2n) is 5.18. The van der Waals surface area contributed by atoms with Crippen LogP contribution in [0.2, 0.25) is 12.6 Å². The van der Waals surface area contributed by atoms with Crippen molar-refractivity contribution >= 4 is 18.3 Å². The summed E-state index contributed by atoms with van der Waals surface area (Å²) in [7, 11) is 0. The molecule has 4 nitrogen and oxygen atoms in total. The summed E-state index contributed by atoms with van der Waals surface area (Å²) >= 11 is 0. The number of aliphatic hydroxyl groups excluding tert-OH is 1. The number of esters is 1. The Morgan fingerprint density at radius 1 is 1.40 bits per heavy atom. The van der Waals surface area contributed by atoms with Crippen molar-refractivity contribution in [2.24, 2.45) is 0 Å². The van der Waals surface area contributed by atoms with Gasteiger partial charge in [-0.3, -0.25) is 0 Å². The first-order valence-corrected chi connectivity index (χ1v) is 6.76. The van der Waals surface area contributed by atoms with Gasteiger partial charge < -0.3 is 9.84 Å². The van der Waals surface area contributed by atoms with Gasteiger partial charge in [0.25, 0.3) is 6.71 Å². The SMILES string of the molecule is N#CB1CC=C(c2ccc3c(c2CO)COC3=O)CC1. The van der Waals surface area contributed by atoms with E-state index in [2.05, 4.69) is 12.0 Å². The zero-order valence-electron chi connectivity index (χ0n) is 11.1. The number of hydrogen-bond acceptors (Lipinski definition) is 4. The summed E-state index contributed by atoms with van der Waals surface area (Å²) < 4.78 is 5.03. The van der Waals surface area contributed by atoms with Gasteiger partial charge in [0.1, 0.15) is 6.61 Å². The van der Waals surface area contributed by atoms with Crippen LogP contribution in [0.3, 0.4) is 0 Å². The summed E-state index contributed by atoms with van der Waals surface area (Å²) in [5.41, 5.74) is 4.29. The van der Waals surface area contributed by atoms with Crippen LogP contribution < -0.4 is 0 Å². The molecule has 100 valence electrons. The predicted octanol–water partition coefficient (Wildman–Crippen LogP) is 2.19. The van der Waals surface area contributed by atoms with Crippen molar-refractivity contribution in [2.45, 2.75) is 32.3 Å². The van der Waals surface area contributed by atoms with E-state index in [4.69, 9.17) is 10.00 Å². The number of allylic oxidation sites excluding steroid dienone is 2. The number of nitriles is 1. The number of aliphatic hydroxyl groups is 1. The van der Waals surface area contributed by atoms with Crippen LogP contribution in [-0.4, -0.2) is 17.8 Å². The number of hydrogen-bond donors (Lipinski definition) is 1. The molecule has 3 rings (SSSR count). The van der Waals surface area contributed by atoms with Gasteiger partial charge in [-0.1, -0.05) is 18.5 Å². The number of carbonyl (C=O) groups is 1. The molecule has 2 aliphatic rings. The maximum atomic E-state index is 11.5. The van der Waals surface area contributed by atoms with Crippen LogP contribution >= 0.6 is 0 Å². The summed E-state index contributed by atoms with van der Waals surface area (Å²) in [6.45, 7) is 0.232. The first kappa shape index (κ1) is 13.0. The van der Waals surface area contributed by atoms with Crippen molar-refractivity contribution in [3.8, 4) is 5.97 Å². The van der Waals surface area contributed by atoms with Crippen LogP contribution in [0.25, 0.3) is 5.57 Å². The average Bonchev–Trinajstić information content (AvgIpc) is 2.88. The Hall–Kier alpha value is -2.06. The van der Waals surface area contributed by atoms with E-state index >= 15 is 0 Å². The fraction of sp³-hybridized carbons (Fsp3) is 0.333. The van der Waals surface area contributed by atoms with Crippen molar-refractivity contribution < 1.29 is 14.6 Å². The van der Waals surface area contributed by atoms with Crippen LogP contribution in [-0.2, 0) is 18.0 Å². The fourth-order valence-corrected chi connectivity index (χ4v) is 2.94. The van der Waals surface area contributed by atoms with Gasteiger partial charge in [0.05, 0.1) is 12.2 Å². The van der Waals surface area contributed by atoms with E-state index in [9.17, 15) is 9.90 Å². The Kier molecular flexibility index (Phi) is 3.33. The fourth-order valence-electron chi connectivity index (χ4n) is 2.94. The van der Waals surface area contributed by atoms with Crippen LogP contribution in [0.15, 0.2) is 18.2 Å². The number of nitrogens with zero attached hydrogens (tertiary/aromatic N) is 1. The second-order valence-corrected chi connectivity index (χ2v) is 5.18. The van der Waals surface area contributed by atoms with Gasteiger partial charge in [-0.05, 0) is 35.5 Å². The van der Waals surface area contributed by atoms with Crippen LogP contribution in [0.4, 0.5) is 0 Å². The van der Waals surface area contributed by atoms with Crippen molar-refractivity contribution in [1.29, 1.82) is 5.26 Å². The number of rotatable bonds is 2. The summed E-state index contributed by atoms with van der Waals surface area (Å²) in [5, 5.41) is 18.6. The topological polar surface area (TPSA) is 70.3 Å². The number of cyclic esters (lactones) is 1. The Labute approximate surface area is 117 Å². The molecule has 0 amide bonds. The van der Waals surface area contributed by atoms with Gasteiger partial charge in [-0.15, -0.1) is 0 Å². The lowest BCUT2D eigenvalue weighted by Crippen LogP contribution is -2.13. The molecule has 5 heteroatoms. The molecule has 0 spiro atoms. The zero-order valence-corrected chi connectivity index (χ0v) is 11.1. The number of carbonyl (C=O) groups excluding carboxylic acids is 1. The molecule has 0 saturated heterocycles. The standard InChI is InChI=1S/C15H14BNO3/c17-9-16-5-3-10(4-6-16)11-1-2-12-14(13(11)7-18)8-20-15(12)19/h1-3,18H,4-8H2. The smallest absolute Gasteiger partial charge is 0.338 e. The van der Waals surface area contributed by atoms with E-state index in [-0.39, 0.29) is 25.9 Å². The predicted molar refractivity (Wildman–Crippen MR) is 75.1 cm³/mol. The van der Waals surface area contributed by atoms with E-state index in [1.165, 1.54) is 0 Å². The molecule has 2 heterocycles. The molecule has 0 saturated carbocycles. The van der Waals surface area contributed by atoms with Crippen molar-refractivity contribution in [3.63, 3.8) is 0 Å². The Morgan fingerprint density at radius 3 is 2.85 bits per heavy atom. The maximum absolute atomic E-state index is 11.5. The number of benzene rings is 1. The lowest BCUT2D eigenvalue weighted by Gasteiger charge is -2.18. The van der Waals surface area contributed by atoms with Gasteiger partial charge in [-0.25, -0.2) is 10.1 Å². The Bertz CT molecular complexity index is 645. The minimum absolute atomic E-state index is 0.0932. The minimum atomic E-state index is -0.316. The monoisotopic (exact) mass is 267 g/mol. The zero-order chi connectivity index (χ0) is 14.1. The quantitative estimate of drug-likeness (QED) is 0.658. The normalized spacial score (nSPS) is 17.3. The van der Waals surface area contributed by atoms with Crippen LogP contribution in [0.1, 0.15) is 33.5 Å². The van der Waals surface area contributed by atoms with Crippen molar-refractivity contribution in [1.82, 2.24) is 0 Å². The molecule has 0 bridgehead atoms. The lowest BCUT2D eigenvalue weighted by atomic mass is 9.43. The number of ether oxygens (including phenoxy) is 1. The van der Waals surface area contributed by atoms with Gasteiger partial charge in [0, 0.05) is 11.5 Å². The molecule has 2 aliphatic heterocycles. The lowest BCUT2D eigenvalue weighted by molar-refractivity contribution is 0.0534. The second kappa shape index (κ2) is 5.14. The molecule has 0 fully saturated rings. The highest BCUT2D eigenvalue weighted by molar-refractivity contribution is 6.67. The molecular weight excluding hydrogens is 253 g/mol. The molecule has 0 atom stereocenters. The van der Waals surface area contributed by atoms with Crippen molar-refractivity contribution in [2.75, 3.05) is 0 Å². The molecule has 1 aromatic carbocycles. The highest BCUT2D eigenvalue weighted by Gasteiger charge is 2.27.